The first-order chi connectivity index (χ1) is 9.99. The molecule has 2 amide bonds. The maximum absolute atomic E-state index is 11.8. The minimum atomic E-state index is -1.08. The monoisotopic (exact) mass is 291 g/mol. The zero-order chi connectivity index (χ0) is 15.4. The summed E-state index contributed by atoms with van der Waals surface area (Å²) in [6, 6.07) is 6.26. The quantitative estimate of drug-likeness (QED) is 0.832. The predicted octanol–water partition coefficient (Wildman–Crippen LogP) is 1.55. The van der Waals surface area contributed by atoms with Gasteiger partial charge in [0.05, 0.1) is 6.54 Å². The second-order valence-corrected chi connectivity index (χ2v) is 5.10. The van der Waals surface area contributed by atoms with E-state index in [9.17, 15) is 14.4 Å². The van der Waals surface area contributed by atoms with Crippen LogP contribution in [0.1, 0.15) is 30.1 Å². The number of rotatable bonds is 5. The Morgan fingerprint density at radius 2 is 1.90 bits per heavy atom. The van der Waals surface area contributed by atoms with Crippen molar-refractivity contribution in [3.63, 3.8) is 0 Å². The van der Waals surface area contributed by atoms with E-state index in [0.717, 1.165) is 0 Å². The van der Waals surface area contributed by atoms with Gasteiger partial charge in [-0.25, -0.2) is 4.79 Å². The van der Waals surface area contributed by atoms with Crippen molar-refractivity contribution < 1.29 is 24.2 Å². The first-order valence-electron chi connectivity index (χ1n) is 6.77. The molecule has 21 heavy (non-hydrogen) atoms. The number of aromatic carboxylic acids is 1. The van der Waals surface area contributed by atoms with E-state index in [1.54, 1.807) is 18.2 Å². The molecular weight excluding hydrogens is 274 g/mol. The number of imide groups is 1. The number of carboxylic acid groups (broad SMARTS) is 1. The van der Waals surface area contributed by atoms with Crippen molar-refractivity contribution in [3.05, 3.63) is 29.8 Å². The van der Waals surface area contributed by atoms with E-state index in [1.165, 1.54) is 11.0 Å². The number of amides is 2. The summed E-state index contributed by atoms with van der Waals surface area (Å²) < 4.78 is 5.40. The molecule has 0 aliphatic carbocycles. The van der Waals surface area contributed by atoms with Gasteiger partial charge in [0.1, 0.15) is 17.9 Å². The molecular formula is C15H17NO5. The Morgan fingerprint density at radius 1 is 1.29 bits per heavy atom. The number of carbonyl (C=O) groups is 3. The van der Waals surface area contributed by atoms with Gasteiger partial charge < -0.3 is 9.84 Å². The van der Waals surface area contributed by atoms with E-state index in [2.05, 4.69) is 0 Å². The summed E-state index contributed by atoms with van der Waals surface area (Å²) in [6.45, 7) is 2.08. The lowest BCUT2D eigenvalue weighted by Crippen LogP contribution is -2.44. The molecule has 1 aliphatic rings. The van der Waals surface area contributed by atoms with Crippen molar-refractivity contribution in [1.29, 1.82) is 0 Å². The maximum Gasteiger partial charge on any atom is 0.339 e. The number of ether oxygens (including phenoxy) is 1. The molecule has 2 rings (SSSR count). The number of piperidine rings is 1. The molecule has 1 saturated heterocycles. The van der Waals surface area contributed by atoms with Crippen LogP contribution in [-0.4, -0.2) is 40.9 Å². The number of benzene rings is 1. The van der Waals surface area contributed by atoms with Crippen LogP contribution in [-0.2, 0) is 9.59 Å². The van der Waals surface area contributed by atoms with Crippen LogP contribution < -0.4 is 4.74 Å². The van der Waals surface area contributed by atoms with Gasteiger partial charge in [0, 0.05) is 12.8 Å². The van der Waals surface area contributed by atoms with E-state index in [4.69, 9.17) is 9.84 Å². The fraction of sp³-hybridized carbons (Fsp3) is 0.400. The smallest absolute Gasteiger partial charge is 0.339 e. The van der Waals surface area contributed by atoms with E-state index in [0.29, 0.717) is 12.8 Å². The average molecular weight is 291 g/mol. The molecule has 6 heteroatoms. The zero-order valence-corrected chi connectivity index (χ0v) is 11.7. The summed E-state index contributed by atoms with van der Waals surface area (Å²) in [6.07, 6.45) is 0.717. The number of carboxylic acids is 1. The molecule has 1 heterocycles. The third-order valence-corrected chi connectivity index (χ3v) is 3.34. The number of nitrogens with zero attached hydrogens (tertiary/aromatic N) is 1. The molecule has 6 nitrogen and oxygen atoms in total. The molecule has 1 fully saturated rings. The highest BCUT2D eigenvalue weighted by Gasteiger charge is 2.29. The van der Waals surface area contributed by atoms with Crippen LogP contribution in [0.25, 0.3) is 0 Å². The minimum Gasteiger partial charge on any atom is -0.491 e. The topological polar surface area (TPSA) is 83.9 Å². The Bertz CT molecular complexity index is 551. The number of likely N-dealkylation sites (tertiary alicyclic amines) is 1. The van der Waals surface area contributed by atoms with Gasteiger partial charge in [-0.3, -0.25) is 14.5 Å². The lowest BCUT2D eigenvalue weighted by molar-refractivity contribution is -0.150. The molecule has 0 atom stereocenters. The third-order valence-electron chi connectivity index (χ3n) is 3.34. The van der Waals surface area contributed by atoms with Crippen LogP contribution in [0.2, 0.25) is 0 Å². The summed E-state index contributed by atoms with van der Waals surface area (Å²) >= 11 is 0. The average Bonchev–Trinajstić information content (AvgIpc) is 2.42. The molecule has 1 aromatic rings. The molecule has 0 saturated carbocycles. The fourth-order valence-corrected chi connectivity index (χ4v) is 2.29. The molecule has 0 bridgehead atoms. The highest BCUT2D eigenvalue weighted by Crippen LogP contribution is 2.20. The maximum atomic E-state index is 11.8. The van der Waals surface area contributed by atoms with E-state index >= 15 is 0 Å². The van der Waals surface area contributed by atoms with Crippen LogP contribution in [0.15, 0.2) is 24.3 Å². The second kappa shape index (κ2) is 6.39. The Morgan fingerprint density at radius 3 is 2.52 bits per heavy atom. The van der Waals surface area contributed by atoms with Crippen molar-refractivity contribution in [2.24, 2.45) is 5.92 Å². The molecule has 112 valence electrons. The van der Waals surface area contributed by atoms with E-state index < -0.39 is 5.97 Å². The fourth-order valence-electron chi connectivity index (χ4n) is 2.29. The summed E-state index contributed by atoms with van der Waals surface area (Å²) in [7, 11) is 0. The number of para-hydroxylation sites is 1. The SMILES string of the molecule is CC1CC(=O)N(CCOc2ccccc2C(=O)O)C(=O)C1. The molecule has 0 radical (unpaired) electrons. The number of hydrogen-bond acceptors (Lipinski definition) is 4. The number of carbonyl (C=O) groups excluding carboxylic acids is 2. The summed E-state index contributed by atoms with van der Waals surface area (Å²) in [5.41, 5.74) is 0.0578. The van der Waals surface area contributed by atoms with Crippen LogP contribution >= 0.6 is 0 Å². The molecule has 1 aliphatic heterocycles. The van der Waals surface area contributed by atoms with Gasteiger partial charge in [-0.1, -0.05) is 19.1 Å². The van der Waals surface area contributed by atoms with E-state index in [1.807, 2.05) is 6.92 Å². The first kappa shape index (κ1) is 15.0. The van der Waals surface area contributed by atoms with Gasteiger partial charge in [0.2, 0.25) is 11.8 Å². The van der Waals surface area contributed by atoms with Crippen molar-refractivity contribution in [1.82, 2.24) is 4.90 Å². The highest BCUT2D eigenvalue weighted by molar-refractivity contribution is 5.97. The molecule has 1 aromatic carbocycles. The standard InChI is InChI=1S/C15H17NO5/c1-10-8-13(17)16(14(18)9-10)6-7-21-12-5-3-2-4-11(12)15(19)20/h2-5,10H,6-9H2,1H3,(H,19,20). The summed E-state index contributed by atoms with van der Waals surface area (Å²) in [5, 5.41) is 9.03. The molecule has 0 spiro atoms. The zero-order valence-electron chi connectivity index (χ0n) is 11.7. The lowest BCUT2D eigenvalue weighted by Gasteiger charge is -2.28. The largest absolute Gasteiger partial charge is 0.491 e. The number of hydrogen-bond donors (Lipinski definition) is 1. The molecule has 1 N–H and O–H groups in total. The first-order valence-corrected chi connectivity index (χ1v) is 6.77. The lowest BCUT2D eigenvalue weighted by atomic mass is 9.98. The highest BCUT2D eigenvalue weighted by atomic mass is 16.5. The van der Waals surface area contributed by atoms with E-state index in [-0.39, 0.29) is 42.2 Å². The van der Waals surface area contributed by atoms with Crippen LogP contribution in [0.4, 0.5) is 0 Å². The summed E-state index contributed by atoms with van der Waals surface area (Å²) in [5.74, 6) is -1.17. The van der Waals surface area contributed by atoms with Crippen molar-refractivity contribution in [2.75, 3.05) is 13.2 Å². The Balaban J connectivity index is 1.94. The minimum absolute atomic E-state index is 0.0578. The third kappa shape index (κ3) is 3.59. The van der Waals surface area contributed by atoms with Crippen molar-refractivity contribution in [2.45, 2.75) is 19.8 Å². The van der Waals surface area contributed by atoms with Gasteiger partial charge in [0.15, 0.2) is 0 Å². The van der Waals surface area contributed by atoms with Gasteiger partial charge in [-0.2, -0.15) is 0 Å². The van der Waals surface area contributed by atoms with Gasteiger partial charge >= 0.3 is 5.97 Å². The van der Waals surface area contributed by atoms with Crippen LogP contribution in [0.5, 0.6) is 5.75 Å². The van der Waals surface area contributed by atoms with Crippen molar-refractivity contribution >= 4 is 17.8 Å². The molecule has 0 aromatic heterocycles. The van der Waals surface area contributed by atoms with Crippen LogP contribution in [0.3, 0.4) is 0 Å². The van der Waals surface area contributed by atoms with Gasteiger partial charge in [-0.05, 0) is 18.1 Å². The van der Waals surface area contributed by atoms with Crippen molar-refractivity contribution in [3.8, 4) is 5.75 Å². The summed E-state index contributed by atoms with van der Waals surface area (Å²) in [4.78, 5) is 35.8. The van der Waals surface area contributed by atoms with Gasteiger partial charge in [-0.15, -0.1) is 0 Å². The Kier molecular flexibility index (Phi) is 4.57. The Labute approximate surface area is 122 Å². The van der Waals surface area contributed by atoms with Gasteiger partial charge in [0.25, 0.3) is 0 Å². The van der Waals surface area contributed by atoms with Crippen LogP contribution in [0, 0.1) is 5.92 Å². The second-order valence-electron chi connectivity index (χ2n) is 5.10. The Hall–Kier alpha value is -2.37. The molecule has 0 unspecified atom stereocenters. The normalized spacial score (nSPS) is 16.1. The predicted molar refractivity (Wildman–Crippen MR) is 74.0 cm³/mol.